The van der Waals surface area contributed by atoms with E-state index >= 15 is 0 Å². The van der Waals surface area contributed by atoms with Crippen LogP contribution in [0.1, 0.15) is 40.5 Å². The van der Waals surface area contributed by atoms with Gasteiger partial charge in [-0.05, 0) is 33.2 Å². The van der Waals surface area contributed by atoms with Gasteiger partial charge >= 0.3 is 0 Å². The second kappa shape index (κ2) is 5.63. The maximum atomic E-state index is 5.74. The molecular weight excluding hydrogens is 232 g/mol. The van der Waals surface area contributed by atoms with Gasteiger partial charge in [0.05, 0.1) is 18.2 Å². The van der Waals surface area contributed by atoms with Crippen LogP contribution in [0.4, 0.5) is 0 Å². The average molecular weight is 258 g/mol. The third kappa shape index (κ3) is 4.19. The Hall–Kier alpha value is -0.190. The van der Waals surface area contributed by atoms with Crippen molar-refractivity contribution in [3.05, 3.63) is 0 Å². The zero-order valence-corrected chi connectivity index (χ0v) is 12.4. The molecule has 0 bridgehead atoms. The van der Waals surface area contributed by atoms with E-state index in [1.54, 1.807) is 0 Å². The van der Waals surface area contributed by atoms with Crippen LogP contribution in [0.5, 0.6) is 0 Å². The van der Waals surface area contributed by atoms with Crippen molar-refractivity contribution in [3.8, 4) is 0 Å². The fraction of sp³-hybridized carbons (Fsp3) is 0.923. The van der Waals surface area contributed by atoms with E-state index in [4.69, 9.17) is 22.7 Å². The average Bonchev–Trinajstić information content (AvgIpc) is 2.20. The molecule has 0 aromatic heterocycles. The molecule has 4 heteroatoms. The van der Waals surface area contributed by atoms with Crippen molar-refractivity contribution >= 4 is 17.2 Å². The van der Waals surface area contributed by atoms with Crippen LogP contribution >= 0.6 is 12.2 Å². The lowest BCUT2D eigenvalue weighted by Gasteiger charge is -2.42. The van der Waals surface area contributed by atoms with E-state index < -0.39 is 0 Å². The zero-order valence-electron chi connectivity index (χ0n) is 11.6. The molecule has 1 saturated heterocycles. The Bertz CT molecular complexity index is 277. The summed E-state index contributed by atoms with van der Waals surface area (Å²) in [5, 5.41) is 0. The fourth-order valence-electron chi connectivity index (χ4n) is 2.14. The predicted octanol–water partition coefficient (Wildman–Crippen LogP) is 2.19. The Morgan fingerprint density at radius 1 is 1.47 bits per heavy atom. The summed E-state index contributed by atoms with van der Waals surface area (Å²) in [7, 11) is 0. The molecule has 100 valence electrons. The lowest BCUT2D eigenvalue weighted by Crippen LogP contribution is -2.53. The fourth-order valence-corrected chi connectivity index (χ4v) is 2.24. The van der Waals surface area contributed by atoms with Crippen molar-refractivity contribution in [1.29, 1.82) is 0 Å². The van der Waals surface area contributed by atoms with Gasteiger partial charge in [-0.2, -0.15) is 0 Å². The molecule has 2 N–H and O–H groups in total. The van der Waals surface area contributed by atoms with Crippen LogP contribution in [0.15, 0.2) is 0 Å². The third-order valence-electron chi connectivity index (χ3n) is 3.71. The SMILES string of the molecule is CC(C)(CCCN1CCOCC1(C)C)C(N)=S. The van der Waals surface area contributed by atoms with Crippen LogP contribution in [-0.4, -0.2) is 41.7 Å². The highest BCUT2D eigenvalue weighted by Crippen LogP contribution is 2.25. The maximum absolute atomic E-state index is 5.74. The summed E-state index contributed by atoms with van der Waals surface area (Å²) in [5.74, 6) is 0. The largest absolute Gasteiger partial charge is 0.393 e. The van der Waals surface area contributed by atoms with Crippen LogP contribution in [0.2, 0.25) is 0 Å². The van der Waals surface area contributed by atoms with Gasteiger partial charge < -0.3 is 10.5 Å². The quantitative estimate of drug-likeness (QED) is 0.767. The predicted molar refractivity (Wildman–Crippen MR) is 76.3 cm³/mol. The number of ether oxygens (including phenoxy) is 1. The summed E-state index contributed by atoms with van der Waals surface area (Å²) in [6.45, 7) is 12.5. The smallest absolute Gasteiger partial charge is 0.0784 e. The number of hydrogen-bond donors (Lipinski definition) is 1. The van der Waals surface area contributed by atoms with Gasteiger partial charge in [-0.1, -0.05) is 26.1 Å². The van der Waals surface area contributed by atoms with Gasteiger partial charge in [-0.3, -0.25) is 4.90 Å². The van der Waals surface area contributed by atoms with Crippen LogP contribution in [0.25, 0.3) is 0 Å². The van der Waals surface area contributed by atoms with E-state index in [1.165, 1.54) is 0 Å². The Morgan fingerprint density at radius 2 is 2.12 bits per heavy atom. The summed E-state index contributed by atoms with van der Waals surface area (Å²) in [6, 6.07) is 0. The molecule has 1 fully saturated rings. The van der Waals surface area contributed by atoms with E-state index in [0.717, 1.165) is 39.1 Å². The number of nitrogens with two attached hydrogens (primary N) is 1. The van der Waals surface area contributed by atoms with Crippen molar-refractivity contribution in [2.45, 2.75) is 46.1 Å². The number of nitrogens with zero attached hydrogens (tertiary/aromatic N) is 1. The molecule has 3 nitrogen and oxygen atoms in total. The van der Waals surface area contributed by atoms with Crippen molar-refractivity contribution in [1.82, 2.24) is 4.90 Å². The minimum atomic E-state index is -0.0221. The molecule has 1 rings (SSSR count). The Kier molecular flexibility index (Phi) is 4.93. The third-order valence-corrected chi connectivity index (χ3v) is 4.27. The highest BCUT2D eigenvalue weighted by Gasteiger charge is 2.30. The summed E-state index contributed by atoms with van der Waals surface area (Å²) < 4.78 is 5.52. The molecule has 0 aromatic carbocycles. The topological polar surface area (TPSA) is 38.5 Å². The Morgan fingerprint density at radius 3 is 2.65 bits per heavy atom. The van der Waals surface area contributed by atoms with Gasteiger partial charge in [0.1, 0.15) is 0 Å². The number of morpholine rings is 1. The molecule has 0 atom stereocenters. The summed E-state index contributed by atoms with van der Waals surface area (Å²) in [6.07, 6.45) is 2.18. The minimum Gasteiger partial charge on any atom is -0.393 e. The maximum Gasteiger partial charge on any atom is 0.0784 e. The normalized spacial score (nSPS) is 21.4. The molecule has 17 heavy (non-hydrogen) atoms. The van der Waals surface area contributed by atoms with E-state index in [9.17, 15) is 0 Å². The Labute approximate surface area is 111 Å². The highest BCUT2D eigenvalue weighted by molar-refractivity contribution is 7.80. The first kappa shape index (κ1) is 14.9. The highest BCUT2D eigenvalue weighted by atomic mass is 32.1. The van der Waals surface area contributed by atoms with Crippen LogP contribution < -0.4 is 5.73 Å². The molecular formula is C13H26N2OS. The number of thiocarbonyl (C=S) groups is 1. The molecule has 1 aliphatic rings. The number of hydrogen-bond acceptors (Lipinski definition) is 3. The van der Waals surface area contributed by atoms with E-state index in [1.807, 2.05) is 0 Å². The minimum absolute atomic E-state index is 0.0221. The molecule has 0 amide bonds. The van der Waals surface area contributed by atoms with E-state index in [0.29, 0.717) is 4.99 Å². The molecule has 0 aromatic rings. The van der Waals surface area contributed by atoms with Crippen molar-refractivity contribution < 1.29 is 4.74 Å². The van der Waals surface area contributed by atoms with E-state index in [2.05, 4.69) is 32.6 Å². The lowest BCUT2D eigenvalue weighted by molar-refractivity contribution is -0.0517. The summed E-state index contributed by atoms with van der Waals surface area (Å²) in [4.78, 5) is 3.13. The summed E-state index contributed by atoms with van der Waals surface area (Å²) >= 11 is 5.09. The van der Waals surface area contributed by atoms with Gasteiger partial charge in [0.15, 0.2) is 0 Å². The molecule has 0 saturated carbocycles. The van der Waals surface area contributed by atoms with Crippen molar-refractivity contribution in [3.63, 3.8) is 0 Å². The van der Waals surface area contributed by atoms with Gasteiger partial charge in [0, 0.05) is 17.5 Å². The van der Waals surface area contributed by atoms with Gasteiger partial charge in [-0.15, -0.1) is 0 Å². The molecule has 1 aliphatic heterocycles. The monoisotopic (exact) mass is 258 g/mol. The van der Waals surface area contributed by atoms with Gasteiger partial charge in [-0.25, -0.2) is 0 Å². The first-order chi connectivity index (χ1) is 7.76. The lowest BCUT2D eigenvalue weighted by atomic mass is 9.87. The first-order valence-corrected chi connectivity index (χ1v) is 6.79. The van der Waals surface area contributed by atoms with Gasteiger partial charge in [0.2, 0.25) is 0 Å². The second-order valence-corrected chi connectivity index (χ2v) is 6.64. The van der Waals surface area contributed by atoms with Crippen LogP contribution in [-0.2, 0) is 4.74 Å². The van der Waals surface area contributed by atoms with Crippen LogP contribution in [0, 0.1) is 5.41 Å². The standard InChI is InChI=1S/C13H26N2OS/c1-12(2,11(14)17)6-5-7-15-8-9-16-10-13(15,3)4/h5-10H2,1-4H3,(H2,14,17). The molecule has 0 aliphatic carbocycles. The van der Waals surface area contributed by atoms with Crippen molar-refractivity contribution in [2.75, 3.05) is 26.3 Å². The molecule has 0 unspecified atom stereocenters. The molecule has 0 radical (unpaired) electrons. The molecule has 0 spiro atoms. The first-order valence-electron chi connectivity index (χ1n) is 6.38. The zero-order chi connectivity index (χ0) is 13.1. The van der Waals surface area contributed by atoms with E-state index in [-0.39, 0.29) is 11.0 Å². The second-order valence-electron chi connectivity index (χ2n) is 6.20. The van der Waals surface area contributed by atoms with Gasteiger partial charge in [0.25, 0.3) is 0 Å². The van der Waals surface area contributed by atoms with Crippen LogP contribution in [0.3, 0.4) is 0 Å². The van der Waals surface area contributed by atoms with Crippen molar-refractivity contribution in [2.24, 2.45) is 11.1 Å². The summed E-state index contributed by atoms with van der Waals surface area (Å²) in [5.41, 5.74) is 5.88. The molecule has 1 heterocycles. The Balaban J connectivity index is 2.38. The number of rotatable bonds is 5.